The minimum Gasteiger partial charge on any atom is -0.346 e. The molecule has 0 unspecified atom stereocenters. The summed E-state index contributed by atoms with van der Waals surface area (Å²) in [5, 5.41) is 0. The lowest BCUT2D eigenvalue weighted by Crippen LogP contribution is -1.99. The summed E-state index contributed by atoms with van der Waals surface area (Å²) in [5.74, 6) is 4.62. The van der Waals surface area contributed by atoms with Gasteiger partial charge in [0.05, 0.1) is 5.75 Å². The van der Waals surface area contributed by atoms with Crippen LogP contribution in [0.25, 0.3) is 0 Å². The van der Waals surface area contributed by atoms with Crippen LogP contribution in [0.2, 0.25) is 0 Å². The van der Waals surface area contributed by atoms with Gasteiger partial charge in [-0.15, -0.1) is 0 Å². The van der Waals surface area contributed by atoms with Crippen LogP contribution < -0.4 is 0 Å². The normalized spacial score (nSPS) is 15.7. The maximum Gasteiger partial charge on any atom is 0.130 e. The van der Waals surface area contributed by atoms with Crippen LogP contribution in [0.4, 0.5) is 0 Å². The molecule has 4 heteroatoms. The molecule has 1 aliphatic carbocycles. The quantitative estimate of drug-likeness (QED) is 0.808. The van der Waals surface area contributed by atoms with Gasteiger partial charge in [-0.05, 0) is 36.5 Å². The van der Waals surface area contributed by atoms with Crippen molar-refractivity contribution in [3.05, 3.63) is 22.2 Å². The molecule has 0 radical (unpaired) electrons. The Morgan fingerprint density at radius 1 is 1.56 bits per heavy atom. The highest BCUT2D eigenvalue weighted by Crippen LogP contribution is 2.38. The first kappa shape index (κ1) is 12.1. The molecule has 1 saturated carbocycles. The van der Waals surface area contributed by atoms with E-state index in [0.29, 0.717) is 0 Å². The number of aromatic nitrogens is 2. The summed E-state index contributed by atoms with van der Waals surface area (Å²) < 4.78 is 0.737. The average Bonchev–Trinajstić information content (AvgIpc) is 2.99. The molecule has 0 spiro atoms. The average molecular weight is 254 g/mol. The van der Waals surface area contributed by atoms with Gasteiger partial charge in [-0.3, -0.25) is 0 Å². The second-order valence-corrected chi connectivity index (χ2v) is 6.25. The molecule has 16 heavy (non-hydrogen) atoms. The van der Waals surface area contributed by atoms with Crippen molar-refractivity contribution in [3.8, 4) is 0 Å². The summed E-state index contributed by atoms with van der Waals surface area (Å²) in [6.45, 7) is 4.48. The molecule has 0 atom stereocenters. The number of thioether (sulfide) groups is 1. The van der Waals surface area contributed by atoms with E-state index in [2.05, 4.69) is 23.8 Å². The number of nitrogens with one attached hydrogen (secondary N) is 1. The summed E-state index contributed by atoms with van der Waals surface area (Å²) in [5.41, 5.74) is 1.29. The van der Waals surface area contributed by atoms with Crippen LogP contribution in [-0.2, 0) is 5.75 Å². The third-order valence-corrected chi connectivity index (χ3v) is 4.11. The Morgan fingerprint density at radius 2 is 2.31 bits per heavy atom. The largest absolute Gasteiger partial charge is 0.346 e. The van der Waals surface area contributed by atoms with E-state index in [-0.39, 0.29) is 0 Å². The second kappa shape index (κ2) is 5.32. The van der Waals surface area contributed by atoms with Gasteiger partial charge in [0.25, 0.3) is 0 Å². The van der Waals surface area contributed by atoms with Gasteiger partial charge < -0.3 is 4.98 Å². The van der Waals surface area contributed by atoms with Crippen molar-refractivity contribution in [3.63, 3.8) is 0 Å². The standard InChI is InChI=1S/C12H18N2S2/c1-8(2)6-16-7-11-13-10(9-3-4-9)5-12(15)14-11/h5,8-9H,3-4,6-7H2,1-2H3,(H,13,14,15). The topological polar surface area (TPSA) is 28.7 Å². The van der Waals surface area contributed by atoms with Crippen molar-refractivity contribution in [2.75, 3.05) is 5.75 Å². The highest BCUT2D eigenvalue weighted by Gasteiger charge is 2.24. The minimum absolute atomic E-state index is 0.721. The van der Waals surface area contributed by atoms with Crippen molar-refractivity contribution < 1.29 is 0 Å². The van der Waals surface area contributed by atoms with Crippen molar-refractivity contribution in [1.29, 1.82) is 0 Å². The van der Waals surface area contributed by atoms with Gasteiger partial charge >= 0.3 is 0 Å². The molecule has 1 aliphatic rings. The zero-order valence-electron chi connectivity index (χ0n) is 9.82. The Kier molecular flexibility index (Phi) is 4.03. The van der Waals surface area contributed by atoms with Crippen LogP contribution >= 0.6 is 24.0 Å². The Hall–Kier alpha value is -0.350. The second-order valence-electron chi connectivity index (χ2n) is 4.80. The van der Waals surface area contributed by atoms with Gasteiger partial charge in [0.1, 0.15) is 10.5 Å². The summed E-state index contributed by atoms with van der Waals surface area (Å²) >= 11 is 7.12. The molecule has 88 valence electrons. The third-order valence-electron chi connectivity index (χ3n) is 2.52. The van der Waals surface area contributed by atoms with Crippen LogP contribution in [0, 0.1) is 10.6 Å². The van der Waals surface area contributed by atoms with E-state index in [1.165, 1.54) is 24.3 Å². The molecule has 2 nitrogen and oxygen atoms in total. The van der Waals surface area contributed by atoms with E-state index in [4.69, 9.17) is 12.2 Å². The van der Waals surface area contributed by atoms with E-state index in [0.717, 1.165) is 28.1 Å². The molecule has 0 aromatic carbocycles. The van der Waals surface area contributed by atoms with Crippen molar-refractivity contribution in [2.45, 2.75) is 38.4 Å². The summed E-state index contributed by atoms with van der Waals surface area (Å²) in [6.07, 6.45) is 2.60. The number of hydrogen-bond donors (Lipinski definition) is 1. The number of hydrogen-bond acceptors (Lipinski definition) is 3. The van der Waals surface area contributed by atoms with Crippen LogP contribution in [-0.4, -0.2) is 15.7 Å². The Bertz CT molecular complexity index is 408. The van der Waals surface area contributed by atoms with E-state index in [9.17, 15) is 0 Å². The Labute approximate surface area is 106 Å². The lowest BCUT2D eigenvalue weighted by molar-refractivity contribution is 0.749. The van der Waals surface area contributed by atoms with Crippen molar-refractivity contribution in [1.82, 2.24) is 9.97 Å². The molecule has 1 heterocycles. The highest BCUT2D eigenvalue weighted by molar-refractivity contribution is 7.98. The Morgan fingerprint density at radius 3 is 2.94 bits per heavy atom. The first-order valence-corrected chi connectivity index (χ1v) is 7.39. The molecular formula is C12H18N2S2. The fourth-order valence-electron chi connectivity index (χ4n) is 1.60. The maximum atomic E-state index is 5.20. The van der Waals surface area contributed by atoms with Crippen molar-refractivity contribution in [2.24, 2.45) is 5.92 Å². The van der Waals surface area contributed by atoms with Gasteiger partial charge in [0, 0.05) is 5.69 Å². The predicted octanol–water partition coefficient (Wildman–Crippen LogP) is 3.91. The lowest BCUT2D eigenvalue weighted by Gasteiger charge is -2.06. The van der Waals surface area contributed by atoms with E-state index in [1.807, 2.05) is 17.8 Å². The molecular weight excluding hydrogens is 236 g/mol. The van der Waals surface area contributed by atoms with Crippen molar-refractivity contribution >= 4 is 24.0 Å². The van der Waals surface area contributed by atoms with Gasteiger partial charge in [0.15, 0.2) is 0 Å². The van der Waals surface area contributed by atoms with Crippen LogP contribution in [0.5, 0.6) is 0 Å². The Balaban J connectivity index is 2.00. The monoisotopic (exact) mass is 254 g/mol. The first-order valence-electron chi connectivity index (χ1n) is 5.83. The number of aromatic amines is 1. The molecule has 0 bridgehead atoms. The van der Waals surface area contributed by atoms with Crippen LogP contribution in [0.3, 0.4) is 0 Å². The minimum atomic E-state index is 0.721. The molecule has 1 aromatic heterocycles. The van der Waals surface area contributed by atoms with Gasteiger partial charge in [-0.1, -0.05) is 26.1 Å². The maximum absolute atomic E-state index is 5.20. The fraction of sp³-hybridized carbons (Fsp3) is 0.667. The molecule has 2 rings (SSSR count). The molecule has 0 saturated heterocycles. The lowest BCUT2D eigenvalue weighted by atomic mass is 10.3. The highest BCUT2D eigenvalue weighted by atomic mass is 32.2. The fourth-order valence-corrected chi connectivity index (χ4v) is 2.76. The van der Waals surface area contributed by atoms with E-state index >= 15 is 0 Å². The summed E-state index contributed by atoms with van der Waals surface area (Å²) in [7, 11) is 0. The summed E-state index contributed by atoms with van der Waals surface area (Å²) in [4.78, 5) is 7.80. The first-order chi connectivity index (χ1) is 7.65. The number of rotatable bonds is 5. The smallest absolute Gasteiger partial charge is 0.130 e. The van der Waals surface area contributed by atoms with Gasteiger partial charge in [-0.2, -0.15) is 11.8 Å². The molecule has 1 aromatic rings. The van der Waals surface area contributed by atoms with Gasteiger partial charge in [-0.25, -0.2) is 4.98 Å². The zero-order valence-corrected chi connectivity index (χ0v) is 11.5. The molecule has 0 amide bonds. The third kappa shape index (κ3) is 3.59. The van der Waals surface area contributed by atoms with Gasteiger partial charge in [0.2, 0.25) is 0 Å². The van der Waals surface area contributed by atoms with E-state index < -0.39 is 0 Å². The molecule has 1 fully saturated rings. The number of H-pyrrole nitrogens is 1. The molecule has 0 aliphatic heterocycles. The van der Waals surface area contributed by atoms with E-state index in [1.54, 1.807) is 0 Å². The number of nitrogens with zero attached hydrogens (tertiary/aromatic N) is 1. The predicted molar refractivity (Wildman–Crippen MR) is 72.4 cm³/mol. The molecule has 1 N–H and O–H groups in total. The SMILES string of the molecule is CC(C)CSCc1nc(=S)cc(C2CC2)[nH]1. The summed E-state index contributed by atoms with van der Waals surface area (Å²) in [6, 6.07) is 2.02. The van der Waals surface area contributed by atoms with Crippen LogP contribution in [0.15, 0.2) is 6.07 Å². The van der Waals surface area contributed by atoms with Crippen LogP contribution in [0.1, 0.15) is 44.1 Å². The zero-order chi connectivity index (χ0) is 11.5.